The number of benzene rings is 1. The van der Waals surface area contributed by atoms with Crippen LogP contribution in [0.4, 0.5) is 17.5 Å². The van der Waals surface area contributed by atoms with Gasteiger partial charge in [-0.2, -0.15) is 4.98 Å². The van der Waals surface area contributed by atoms with Crippen LogP contribution in [0.2, 0.25) is 5.02 Å². The number of aromatic nitrogens is 2. The molecule has 4 N–H and O–H groups in total. The monoisotopic (exact) mass is 527 g/mol. The largest absolute Gasteiger partial charge is 0.495 e. The van der Waals surface area contributed by atoms with Crippen molar-refractivity contribution in [3.05, 3.63) is 46.6 Å². The van der Waals surface area contributed by atoms with Gasteiger partial charge in [0.25, 0.3) is 0 Å². The molecule has 2 bridgehead atoms. The third-order valence-corrected chi connectivity index (χ3v) is 7.84. The van der Waals surface area contributed by atoms with Crippen molar-refractivity contribution in [2.75, 3.05) is 37.4 Å². The number of anilines is 3. The minimum atomic E-state index is -0.811. The number of nitrogens with one attached hydrogen (secondary N) is 2. The number of carboxylic acids is 1. The van der Waals surface area contributed by atoms with Crippen molar-refractivity contribution in [3.63, 3.8) is 0 Å². The van der Waals surface area contributed by atoms with Crippen LogP contribution in [0.1, 0.15) is 31.4 Å². The molecule has 1 aromatic heterocycles. The van der Waals surface area contributed by atoms with Crippen molar-refractivity contribution in [1.82, 2.24) is 14.9 Å². The Kier molecular flexibility index (Phi) is 7.04. The topological polar surface area (TPSA) is 120 Å². The molecule has 2 aliphatic carbocycles. The molecule has 1 saturated carbocycles. The van der Waals surface area contributed by atoms with Crippen molar-refractivity contribution < 1.29 is 19.7 Å². The number of aliphatic hydroxyl groups is 1. The van der Waals surface area contributed by atoms with Crippen LogP contribution in [0.3, 0.4) is 0 Å². The second-order valence-electron chi connectivity index (χ2n) is 10.9. The number of fused-ring (bicyclic) bond motifs is 3. The van der Waals surface area contributed by atoms with Gasteiger partial charge in [0.05, 0.1) is 30.5 Å². The van der Waals surface area contributed by atoms with Crippen molar-refractivity contribution in [2.45, 2.75) is 44.8 Å². The van der Waals surface area contributed by atoms with E-state index in [0.717, 1.165) is 38.0 Å². The molecule has 0 amide bonds. The number of hydrogen-bond donors (Lipinski definition) is 4. The Bertz CT molecular complexity index is 1210. The van der Waals surface area contributed by atoms with Gasteiger partial charge in [0, 0.05) is 25.7 Å². The number of carbonyl (C=O) groups is 1. The molecule has 198 valence electrons. The maximum absolute atomic E-state index is 11.9. The Morgan fingerprint density at radius 2 is 1.92 bits per heavy atom. The highest BCUT2D eigenvalue weighted by Gasteiger charge is 2.48. The van der Waals surface area contributed by atoms with E-state index in [1.165, 1.54) is 17.3 Å². The van der Waals surface area contributed by atoms with Crippen LogP contribution in [-0.2, 0) is 17.6 Å². The van der Waals surface area contributed by atoms with E-state index in [2.05, 4.69) is 43.7 Å². The predicted octanol–water partition coefficient (Wildman–Crippen LogP) is 3.74. The fourth-order valence-electron chi connectivity index (χ4n) is 5.94. The zero-order valence-corrected chi connectivity index (χ0v) is 22.1. The van der Waals surface area contributed by atoms with Crippen molar-refractivity contribution in [1.29, 1.82) is 0 Å². The molecule has 1 aromatic carbocycles. The highest BCUT2D eigenvalue weighted by atomic mass is 35.5. The Labute approximate surface area is 221 Å². The molecule has 2 heterocycles. The van der Waals surface area contributed by atoms with Gasteiger partial charge in [0.2, 0.25) is 5.95 Å². The molecule has 9 nitrogen and oxygen atoms in total. The van der Waals surface area contributed by atoms with Gasteiger partial charge in [0.15, 0.2) is 5.82 Å². The number of halogens is 1. The first-order valence-electron chi connectivity index (χ1n) is 12.7. The molecule has 0 radical (unpaired) electrons. The highest BCUT2D eigenvalue weighted by Crippen LogP contribution is 2.45. The molecule has 37 heavy (non-hydrogen) atoms. The van der Waals surface area contributed by atoms with Crippen LogP contribution in [0.25, 0.3) is 0 Å². The summed E-state index contributed by atoms with van der Waals surface area (Å²) in [6.45, 7) is 6.02. The van der Waals surface area contributed by atoms with Gasteiger partial charge in [0.1, 0.15) is 10.8 Å². The molecule has 0 unspecified atom stereocenters. The number of rotatable bonds is 8. The standard InChI is InChI=1S/C27H34ClN5O4/c1-27(2,36)14-33-8-6-15-11-20(21(37-3)12-16(15)7-9-33)30-26-29-13-19(28)24(32-26)31-23-18-5-4-17(10-18)22(23)25(34)35/h4-5,11-13,17-18,22-23,36H,6-10,14H2,1-3H3,(H,34,35)(H2,29,30,31,32)/t17-,18+,22+,23-/m1/s1. The molecule has 1 fully saturated rings. The van der Waals surface area contributed by atoms with Crippen molar-refractivity contribution in [3.8, 4) is 5.75 Å². The Morgan fingerprint density at radius 1 is 1.22 bits per heavy atom. The van der Waals surface area contributed by atoms with E-state index in [-0.39, 0.29) is 17.9 Å². The normalized spacial score (nSPS) is 25.0. The summed E-state index contributed by atoms with van der Waals surface area (Å²) in [6, 6.07) is 3.86. The van der Waals surface area contributed by atoms with Crippen LogP contribution in [0, 0.1) is 17.8 Å². The smallest absolute Gasteiger partial charge is 0.309 e. The summed E-state index contributed by atoms with van der Waals surface area (Å²) in [7, 11) is 1.63. The minimum absolute atomic E-state index is 0.0291. The first-order chi connectivity index (χ1) is 17.6. The quantitative estimate of drug-likeness (QED) is 0.380. The first kappa shape index (κ1) is 25.8. The lowest BCUT2D eigenvalue weighted by molar-refractivity contribution is -0.142. The lowest BCUT2D eigenvalue weighted by atomic mass is 9.89. The molecule has 2 aromatic rings. The molecule has 10 heteroatoms. The average Bonchev–Trinajstić information content (AvgIpc) is 3.39. The van der Waals surface area contributed by atoms with Gasteiger partial charge in [-0.25, -0.2) is 4.98 Å². The molecule has 1 aliphatic heterocycles. The summed E-state index contributed by atoms with van der Waals surface area (Å²) in [5, 5.41) is 26.9. The second kappa shape index (κ2) is 10.1. The van der Waals surface area contributed by atoms with E-state index in [1.807, 2.05) is 19.9 Å². The van der Waals surface area contributed by atoms with E-state index in [9.17, 15) is 15.0 Å². The SMILES string of the molecule is COc1cc2c(cc1Nc1ncc(Cl)c(N[C@H]3[C@@H](C(=O)O)[C@@H]4C=C[C@H]3C4)n1)CCN(CC(C)(C)O)CC2. The summed E-state index contributed by atoms with van der Waals surface area (Å²) in [4.78, 5) is 23.1. The minimum Gasteiger partial charge on any atom is -0.495 e. The Morgan fingerprint density at radius 3 is 2.59 bits per heavy atom. The Balaban J connectivity index is 1.35. The van der Waals surface area contributed by atoms with Gasteiger partial charge < -0.3 is 25.6 Å². The zero-order chi connectivity index (χ0) is 26.3. The molecular weight excluding hydrogens is 494 g/mol. The first-order valence-corrected chi connectivity index (χ1v) is 13.1. The van der Waals surface area contributed by atoms with Gasteiger partial charge >= 0.3 is 5.97 Å². The predicted molar refractivity (Wildman–Crippen MR) is 143 cm³/mol. The van der Waals surface area contributed by atoms with Crippen molar-refractivity contribution >= 4 is 35.0 Å². The van der Waals surface area contributed by atoms with E-state index in [4.69, 9.17) is 16.3 Å². The second-order valence-corrected chi connectivity index (χ2v) is 11.3. The summed E-state index contributed by atoms with van der Waals surface area (Å²) in [5.41, 5.74) is 2.45. The number of ether oxygens (including phenoxy) is 1. The van der Waals surface area contributed by atoms with Gasteiger partial charge in [-0.1, -0.05) is 23.8 Å². The maximum atomic E-state index is 11.9. The Hall–Kier alpha value is -2.88. The lowest BCUT2D eigenvalue weighted by Gasteiger charge is -2.27. The number of carboxylic acid groups (broad SMARTS) is 1. The van der Waals surface area contributed by atoms with Crippen LogP contribution in [-0.4, -0.2) is 69.4 Å². The van der Waals surface area contributed by atoms with E-state index >= 15 is 0 Å². The molecular formula is C27H34ClN5O4. The number of allylic oxidation sites excluding steroid dienone is 1. The van der Waals surface area contributed by atoms with Crippen LogP contribution in [0.5, 0.6) is 5.75 Å². The highest BCUT2D eigenvalue weighted by molar-refractivity contribution is 6.32. The molecule has 0 spiro atoms. The number of nitrogens with zero attached hydrogens (tertiary/aromatic N) is 3. The van der Waals surface area contributed by atoms with E-state index in [1.54, 1.807) is 7.11 Å². The third-order valence-electron chi connectivity index (χ3n) is 7.57. The fourth-order valence-corrected chi connectivity index (χ4v) is 6.08. The number of hydrogen-bond acceptors (Lipinski definition) is 8. The molecule has 5 rings (SSSR count). The van der Waals surface area contributed by atoms with Crippen LogP contribution >= 0.6 is 11.6 Å². The van der Waals surface area contributed by atoms with Crippen LogP contribution in [0.15, 0.2) is 30.5 Å². The summed E-state index contributed by atoms with van der Waals surface area (Å²) in [6.07, 6.45) is 8.15. The lowest BCUT2D eigenvalue weighted by Crippen LogP contribution is -2.39. The average molecular weight is 528 g/mol. The number of methoxy groups -OCH3 is 1. The molecule has 0 saturated heterocycles. The van der Waals surface area contributed by atoms with Gasteiger partial charge in [-0.15, -0.1) is 0 Å². The zero-order valence-electron chi connectivity index (χ0n) is 21.4. The van der Waals surface area contributed by atoms with E-state index < -0.39 is 17.5 Å². The third kappa shape index (κ3) is 5.54. The van der Waals surface area contributed by atoms with Gasteiger partial charge in [-0.05, 0) is 68.2 Å². The fraction of sp³-hybridized carbons (Fsp3) is 0.519. The van der Waals surface area contributed by atoms with Gasteiger partial charge in [-0.3, -0.25) is 9.69 Å². The van der Waals surface area contributed by atoms with Crippen LogP contribution < -0.4 is 15.4 Å². The molecule has 3 aliphatic rings. The van der Waals surface area contributed by atoms with E-state index in [0.29, 0.717) is 29.1 Å². The summed E-state index contributed by atoms with van der Waals surface area (Å²) >= 11 is 6.41. The maximum Gasteiger partial charge on any atom is 0.309 e. The number of β-amino-alcohol motifs (C(OH)–C–C–N with tert-alkyl or cyclic N) is 1. The van der Waals surface area contributed by atoms with Crippen molar-refractivity contribution in [2.24, 2.45) is 17.8 Å². The summed E-state index contributed by atoms with van der Waals surface area (Å²) in [5.74, 6) is 0.273. The molecule has 4 atom stereocenters. The summed E-state index contributed by atoms with van der Waals surface area (Å²) < 4.78 is 5.68. The number of aliphatic carboxylic acids is 1.